The van der Waals surface area contributed by atoms with Gasteiger partial charge in [0.05, 0.1) is 46.8 Å². The van der Waals surface area contributed by atoms with E-state index in [4.69, 9.17) is 84.9 Å². The van der Waals surface area contributed by atoms with E-state index in [0.29, 0.717) is 34.7 Å². The molecule has 18 nitrogen and oxygen atoms in total. The molecule has 80 heavy (non-hydrogen) atoms. The summed E-state index contributed by atoms with van der Waals surface area (Å²) in [6.07, 6.45) is 6.65. The molecule has 0 unspecified atom stereocenters. The molecule has 3 saturated heterocycles. The van der Waals surface area contributed by atoms with E-state index in [1.165, 1.54) is 18.2 Å². The minimum atomic E-state index is -1.06. The summed E-state index contributed by atoms with van der Waals surface area (Å²) in [4.78, 5) is 40.5. The first-order chi connectivity index (χ1) is 37.8. The number of nitrogens with zero attached hydrogens (tertiary/aromatic N) is 3. The third-order valence-corrected chi connectivity index (χ3v) is 16.0. The van der Waals surface area contributed by atoms with E-state index in [0.717, 1.165) is 212 Å². The molecule has 26 heteroatoms. The number of halogens is 7. The van der Waals surface area contributed by atoms with E-state index in [1.54, 1.807) is 18.2 Å². The molecule has 455 valence electrons. The van der Waals surface area contributed by atoms with Crippen LogP contribution < -0.4 is 47.9 Å². The number of hydrogen-bond donors (Lipinski definition) is 12. The van der Waals surface area contributed by atoms with Crippen molar-refractivity contribution in [2.75, 3.05) is 157 Å². The summed E-state index contributed by atoms with van der Waals surface area (Å²) in [5, 5.41) is 59.7. The summed E-state index contributed by atoms with van der Waals surface area (Å²) in [7, 11) is 0. The first-order valence-corrected chi connectivity index (χ1v) is 29.7. The molecule has 0 aliphatic carbocycles. The van der Waals surface area contributed by atoms with Crippen LogP contribution >= 0.6 is 82.0 Å². The number of benzene rings is 3. The van der Waals surface area contributed by atoms with Gasteiger partial charge in [0.2, 0.25) is 0 Å². The Morgan fingerprint density at radius 2 is 0.537 bits per heavy atom. The molecule has 0 spiro atoms. The maximum Gasteiger partial charge on any atom is 0.337 e. The first kappa shape index (κ1) is 74.2. The van der Waals surface area contributed by atoms with Crippen LogP contribution in [-0.4, -0.2) is 205 Å². The van der Waals surface area contributed by atoms with Crippen molar-refractivity contribution in [2.45, 2.75) is 58.2 Å². The third kappa shape index (κ3) is 29.3. The zero-order chi connectivity index (χ0) is 56.3. The molecular formula is C54H85Cl7CoN12O6. The minimum Gasteiger partial charge on any atom is -0.478 e. The van der Waals surface area contributed by atoms with Crippen LogP contribution in [-0.2, 0) is 36.4 Å². The van der Waals surface area contributed by atoms with Gasteiger partial charge in [-0.05, 0) is 113 Å². The summed E-state index contributed by atoms with van der Waals surface area (Å²) in [6.45, 7) is 25.0. The topological polar surface area (TPSA) is 230 Å². The average molecular weight is 1310 g/mol. The van der Waals surface area contributed by atoms with Crippen LogP contribution in [0.2, 0.25) is 30.1 Å². The molecule has 3 aliphatic rings. The van der Waals surface area contributed by atoms with E-state index in [1.807, 2.05) is 0 Å². The van der Waals surface area contributed by atoms with Gasteiger partial charge >= 0.3 is 17.9 Å². The molecule has 0 aromatic heterocycles. The van der Waals surface area contributed by atoms with Crippen molar-refractivity contribution < 1.29 is 46.5 Å². The fourth-order valence-electron chi connectivity index (χ4n) is 8.82. The summed E-state index contributed by atoms with van der Waals surface area (Å²) in [5.74, 6) is -3.19. The number of rotatable bonds is 9. The van der Waals surface area contributed by atoms with Gasteiger partial charge < -0.3 is 63.2 Å². The Bertz CT molecular complexity index is 1970. The maximum atomic E-state index is 11.2. The number of carboxylic acid groups (broad SMARTS) is 3. The predicted molar refractivity (Wildman–Crippen MR) is 327 cm³/mol. The minimum absolute atomic E-state index is 0. The zero-order valence-corrected chi connectivity index (χ0v) is 52.1. The van der Waals surface area contributed by atoms with Gasteiger partial charge in [0.1, 0.15) is 0 Å². The van der Waals surface area contributed by atoms with Crippen molar-refractivity contribution >= 4 is 99.9 Å². The molecule has 0 atom stereocenters. The quantitative estimate of drug-likeness (QED) is 0.108. The largest absolute Gasteiger partial charge is 0.478 e. The SMILES string of the molecule is Cl.O=C(O)c1ccc(CN2CCCCNCCNCCNCC2)c(Cl)c1Cl.O=C(O)c1ccc(CN2CCCCNCCNCCNCC2)c(Cl)c1Cl.O=C(O)c1ccc(CN2CCCCNCCNCCNCC2)c(Cl)c1Cl.[Co]. The van der Waals surface area contributed by atoms with E-state index in [-0.39, 0.29) is 60.9 Å². The van der Waals surface area contributed by atoms with Gasteiger partial charge in [-0.3, -0.25) is 14.7 Å². The Morgan fingerprint density at radius 3 is 0.762 bits per heavy atom. The van der Waals surface area contributed by atoms with Crippen molar-refractivity contribution in [3.05, 3.63) is 99.9 Å². The fraction of sp³-hybridized carbons (Fsp3) is 0.611. The van der Waals surface area contributed by atoms with Crippen LogP contribution in [0.5, 0.6) is 0 Å². The second-order valence-electron chi connectivity index (χ2n) is 19.3. The zero-order valence-electron chi connectivity index (χ0n) is 45.7. The molecule has 0 amide bonds. The molecule has 3 aromatic rings. The van der Waals surface area contributed by atoms with Gasteiger partial charge in [-0.15, -0.1) is 12.4 Å². The van der Waals surface area contributed by atoms with Gasteiger partial charge in [0.25, 0.3) is 0 Å². The van der Waals surface area contributed by atoms with Crippen molar-refractivity contribution in [3.8, 4) is 0 Å². The van der Waals surface area contributed by atoms with E-state index in [2.05, 4.69) is 62.6 Å². The van der Waals surface area contributed by atoms with Crippen LogP contribution in [0.25, 0.3) is 0 Å². The molecule has 12 N–H and O–H groups in total. The Morgan fingerprint density at radius 1 is 0.325 bits per heavy atom. The van der Waals surface area contributed by atoms with Gasteiger partial charge in [-0.2, -0.15) is 0 Å². The van der Waals surface area contributed by atoms with E-state index in [9.17, 15) is 14.4 Å². The van der Waals surface area contributed by atoms with Crippen LogP contribution in [0.4, 0.5) is 0 Å². The molecule has 3 aromatic carbocycles. The Kier molecular flexibility index (Phi) is 41.4. The Labute approximate surface area is 520 Å². The molecule has 3 aliphatic heterocycles. The second-order valence-corrected chi connectivity index (χ2v) is 21.6. The first-order valence-electron chi connectivity index (χ1n) is 27.4. The second kappa shape index (κ2) is 44.6. The van der Waals surface area contributed by atoms with Gasteiger partial charge in [0.15, 0.2) is 0 Å². The molecule has 0 bridgehead atoms. The summed E-state index contributed by atoms with van der Waals surface area (Å²) in [6, 6.07) is 9.89. The van der Waals surface area contributed by atoms with E-state index < -0.39 is 17.9 Å². The monoisotopic (exact) mass is 1300 g/mol. The summed E-state index contributed by atoms with van der Waals surface area (Å²) < 4.78 is 0. The average Bonchev–Trinajstić information content (AvgIpc) is 3.48. The standard InChI is InChI=1S/3C18H28Cl2N4O2.ClH.Co/c3*19-16-14(3-4-15(17(16)20)18(25)26)13-24-11-2-1-5-21-6-7-22-8-9-23-10-12-24;;/h3*3-4,21-23H,1-2,5-13H2,(H,25,26);1H;. The molecular weight excluding hydrogens is 1220 g/mol. The van der Waals surface area contributed by atoms with Gasteiger partial charge in [-0.25, -0.2) is 14.4 Å². The van der Waals surface area contributed by atoms with Crippen LogP contribution in [0.1, 0.15) is 86.3 Å². The summed E-state index contributed by atoms with van der Waals surface area (Å²) in [5.41, 5.74) is 2.72. The number of carbonyl (C=O) groups is 3. The molecule has 3 fully saturated rings. The molecule has 0 saturated carbocycles. The number of carboxylic acids is 3. The van der Waals surface area contributed by atoms with Crippen molar-refractivity contribution in [1.82, 2.24) is 62.6 Å². The number of nitrogens with one attached hydrogen (secondary N) is 9. The van der Waals surface area contributed by atoms with Gasteiger partial charge in [0, 0.05) is 154 Å². The van der Waals surface area contributed by atoms with Crippen molar-refractivity contribution in [1.29, 1.82) is 0 Å². The normalized spacial score (nSPS) is 18.5. The van der Waals surface area contributed by atoms with Gasteiger partial charge in [-0.1, -0.05) is 87.8 Å². The van der Waals surface area contributed by atoms with Crippen molar-refractivity contribution in [3.63, 3.8) is 0 Å². The summed E-state index contributed by atoms with van der Waals surface area (Å²) >= 11 is 37.4. The molecule has 1 radical (unpaired) electrons. The number of aromatic carboxylic acids is 3. The van der Waals surface area contributed by atoms with Crippen LogP contribution in [0.15, 0.2) is 36.4 Å². The number of hydrogen-bond acceptors (Lipinski definition) is 15. The van der Waals surface area contributed by atoms with Crippen LogP contribution in [0.3, 0.4) is 0 Å². The Hall–Kier alpha value is -1.87. The third-order valence-electron chi connectivity index (χ3n) is 13.3. The van der Waals surface area contributed by atoms with Crippen molar-refractivity contribution in [2.24, 2.45) is 0 Å². The fourth-order valence-corrected chi connectivity index (χ4v) is 10.3. The molecule has 3 heterocycles. The smallest absolute Gasteiger partial charge is 0.337 e. The predicted octanol–water partition coefficient (Wildman–Crippen LogP) is 6.59. The Balaban J connectivity index is 0.000000405. The molecule has 6 rings (SSSR count). The van der Waals surface area contributed by atoms with Crippen LogP contribution in [0, 0.1) is 0 Å². The van der Waals surface area contributed by atoms with E-state index >= 15 is 0 Å². The maximum absolute atomic E-state index is 11.2.